The Morgan fingerprint density at radius 1 is 0.371 bits per heavy atom. The molecule has 212 valence electrons. The van der Waals surface area contributed by atoms with Crippen LogP contribution in [0.3, 0.4) is 0 Å². The summed E-state index contributed by atoms with van der Waals surface area (Å²) in [6, 6.07) is 0.336. The molecule has 12 nitrogen and oxygen atoms in total. The van der Waals surface area contributed by atoms with Gasteiger partial charge in [0.1, 0.15) is 0 Å². The topological polar surface area (TPSA) is 111 Å². The molecule has 0 spiro atoms. The zero-order valence-corrected chi connectivity index (χ0v) is 27.3. The molecule has 0 heterocycles. The molecule has 0 aromatic heterocycles. The predicted molar refractivity (Wildman–Crippen MR) is 137 cm³/mol. The first-order chi connectivity index (χ1) is 16.7. The molecule has 0 amide bonds. The van der Waals surface area contributed by atoms with Gasteiger partial charge in [0.25, 0.3) is 0 Å². The summed E-state index contributed by atoms with van der Waals surface area (Å²) in [6.45, 7) is 2.21. The van der Waals surface area contributed by atoms with Crippen LogP contribution in [0.25, 0.3) is 0 Å². The van der Waals surface area contributed by atoms with E-state index < -0.39 is 35.9 Å². The molecule has 0 fully saturated rings. The molecule has 0 aliphatic heterocycles. The van der Waals surface area contributed by atoms with Crippen LogP contribution in [-0.2, 0) is 52.2 Å². The Morgan fingerprint density at radius 2 is 0.629 bits per heavy atom. The lowest BCUT2D eigenvalue weighted by molar-refractivity contribution is -0.0260. The van der Waals surface area contributed by atoms with E-state index in [0.29, 0.717) is 12.5 Å². The molecule has 0 N–H and O–H groups in total. The van der Waals surface area contributed by atoms with Gasteiger partial charge in [-0.2, -0.15) is 0 Å². The monoisotopic (exact) mass is 580 g/mol. The zero-order chi connectivity index (χ0) is 26.8. The van der Waals surface area contributed by atoms with E-state index in [2.05, 4.69) is 6.92 Å². The Kier molecular flexibility index (Phi) is 18.8. The van der Waals surface area contributed by atoms with Gasteiger partial charge < -0.3 is 52.2 Å². The van der Waals surface area contributed by atoms with Crippen LogP contribution in [0.15, 0.2) is 0 Å². The van der Waals surface area contributed by atoms with E-state index in [1.54, 1.807) is 0 Å². The van der Waals surface area contributed by atoms with Gasteiger partial charge in [0.05, 0.1) is 0 Å². The van der Waals surface area contributed by atoms with Crippen molar-refractivity contribution in [2.45, 2.75) is 64.3 Å². The highest BCUT2D eigenvalue weighted by Gasteiger charge is 2.65. The summed E-state index contributed by atoms with van der Waals surface area (Å²) in [5, 5.41) is 0. The van der Waals surface area contributed by atoms with E-state index in [9.17, 15) is 0 Å². The molecule has 0 radical (unpaired) electrons. The smallest absolute Gasteiger partial charge is 0.355 e. The van der Waals surface area contributed by atoms with Crippen molar-refractivity contribution in [2.75, 3.05) is 64.0 Å². The van der Waals surface area contributed by atoms with Crippen molar-refractivity contribution in [3.63, 3.8) is 0 Å². The number of hydrogen-bond donors (Lipinski definition) is 0. The van der Waals surface area contributed by atoms with Crippen LogP contribution in [0.5, 0.6) is 0 Å². The molecular formula is C19H48O12Si4. The summed E-state index contributed by atoms with van der Waals surface area (Å²) in [4.78, 5) is 0. The fourth-order valence-electron chi connectivity index (χ4n) is 3.39. The predicted octanol–water partition coefficient (Wildman–Crippen LogP) is 3.24. The maximum Gasteiger partial charge on any atom is 0.671 e. The van der Waals surface area contributed by atoms with Gasteiger partial charge in [0.2, 0.25) is 0 Å². The van der Waals surface area contributed by atoms with Crippen molar-refractivity contribution >= 4 is 35.9 Å². The highest BCUT2D eigenvalue weighted by atomic mass is 28.5. The second-order valence-corrected chi connectivity index (χ2v) is 18.5. The first-order valence-electron chi connectivity index (χ1n) is 11.8. The van der Waals surface area contributed by atoms with E-state index in [0.717, 1.165) is 19.3 Å². The summed E-state index contributed by atoms with van der Waals surface area (Å²) in [6.07, 6.45) is 8.82. The Hall–Kier alpha value is 0.388. The SMILES string of the molecule is CCCCCCCCCC[Si](O[Si](OC)(OC)OC)(O[Si](OC)(OC)OC)O[Si](OC)(OC)OC. The van der Waals surface area contributed by atoms with Crippen LogP contribution in [0, 0.1) is 0 Å². The molecule has 0 unspecified atom stereocenters. The van der Waals surface area contributed by atoms with Crippen LogP contribution in [0.2, 0.25) is 6.04 Å². The Labute approximate surface area is 216 Å². The van der Waals surface area contributed by atoms with Gasteiger partial charge in [-0.1, -0.05) is 51.9 Å². The van der Waals surface area contributed by atoms with Gasteiger partial charge in [0.15, 0.2) is 0 Å². The number of hydrogen-bond acceptors (Lipinski definition) is 12. The fourth-order valence-corrected chi connectivity index (χ4v) is 16.0. The van der Waals surface area contributed by atoms with Crippen LogP contribution in [0.1, 0.15) is 58.3 Å². The summed E-state index contributed by atoms with van der Waals surface area (Å²) in [7, 11) is -2.16. The summed E-state index contributed by atoms with van der Waals surface area (Å²) in [5.41, 5.74) is 0. The molecule has 0 saturated heterocycles. The average molecular weight is 581 g/mol. The van der Waals surface area contributed by atoms with Crippen molar-refractivity contribution in [1.29, 1.82) is 0 Å². The maximum absolute atomic E-state index is 6.41. The van der Waals surface area contributed by atoms with Gasteiger partial charge in [-0.15, -0.1) is 0 Å². The van der Waals surface area contributed by atoms with Gasteiger partial charge in [-0.25, -0.2) is 0 Å². The summed E-state index contributed by atoms with van der Waals surface area (Å²) < 4.78 is 69.1. The van der Waals surface area contributed by atoms with E-state index in [4.69, 9.17) is 52.2 Å². The molecule has 0 bridgehead atoms. The molecule has 0 saturated carbocycles. The number of unbranched alkanes of at least 4 members (excludes halogenated alkanes) is 7. The van der Waals surface area contributed by atoms with Crippen LogP contribution in [-0.4, -0.2) is 99.9 Å². The molecule has 0 aromatic carbocycles. The molecule has 0 aliphatic rings. The van der Waals surface area contributed by atoms with E-state index in [-0.39, 0.29) is 0 Å². The Bertz CT molecular complexity index is 442. The van der Waals surface area contributed by atoms with Crippen LogP contribution < -0.4 is 0 Å². The highest BCUT2D eigenvalue weighted by molar-refractivity contribution is 6.82. The van der Waals surface area contributed by atoms with Gasteiger partial charge in [-0.3, -0.25) is 0 Å². The Morgan fingerprint density at radius 3 is 0.886 bits per heavy atom. The lowest BCUT2D eigenvalue weighted by Crippen LogP contribution is -2.69. The molecule has 35 heavy (non-hydrogen) atoms. The van der Waals surface area contributed by atoms with Crippen molar-refractivity contribution < 1.29 is 52.2 Å². The standard InChI is InChI=1S/C19H48O12Si4/c1-11-12-13-14-15-16-17-18-19-32(29-33(20-2,21-3)22-4,30-34(23-5,24-6)25-7)31-35(26-8,27-9)28-10/h11-19H2,1-10H3. The van der Waals surface area contributed by atoms with Gasteiger partial charge in [-0.05, 0) is 6.42 Å². The van der Waals surface area contributed by atoms with Crippen LogP contribution >= 0.6 is 0 Å². The second-order valence-electron chi connectivity index (χ2n) is 7.55. The fraction of sp³-hybridized carbons (Fsp3) is 1.00. The third-order valence-corrected chi connectivity index (χ3v) is 17.6. The quantitative estimate of drug-likeness (QED) is 0.123. The molecule has 0 aromatic rings. The molecule has 0 atom stereocenters. The maximum atomic E-state index is 6.41. The summed E-state index contributed by atoms with van der Waals surface area (Å²) >= 11 is 0. The largest absolute Gasteiger partial charge is 0.671 e. The number of rotatable bonds is 24. The average Bonchev–Trinajstić information content (AvgIpc) is 2.91. The van der Waals surface area contributed by atoms with E-state index >= 15 is 0 Å². The molecule has 0 rings (SSSR count). The van der Waals surface area contributed by atoms with Gasteiger partial charge in [0, 0.05) is 70.0 Å². The van der Waals surface area contributed by atoms with Crippen molar-refractivity contribution in [1.82, 2.24) is 0 Å². The van der Waals surface area contributed by atoms with Gasteiger partial charge >= 0.3 is 35.9 Å². The lowest BCUT2D eigenvalue weighted by Gasteiger charge is -2.41. The first-order valence-corrected chi connectivity index (χ1v) is 18.6. The van der Waals surface area contributed by atoms with Crippen LogP contribution in [0.4, 0.5) is 0 Å². The minimum absolute atomic E-state index is 0.336. The third-order valence-electron chi connectivity index (χ3n) is 5.43. The summed E-state index contributed by atoms with van der Waals surface area (Å²) in [5.74, 6) is 0. The third kappa shape index (κ3) is 11.3. The highest BCUT2D eigenvalue weighted by Crippen LogP contribution is 2.32. The first kappa shape index (κ1) is 35.4. The minimum Gasteiger partial charge on any atom is -0.355 e. The normalized spacial score (nSPS) is 13.5. The second kappa shape index (κ2) is 18.6. The molecule has 0 aliphatic carbocycles. The van der Waals surface area contributed by atoms with Crippen molar-refractivity contribution in [3.05, 3.63) is 0 Å². The Balaban J connectivity index is 6.14. The lowest BCUT2D eigenvalue weighted by atomic mass is 10.1. The minimum atomic E-state index is -3.91. The molecular weight excluding hydrogens is 533 g/mol. The van der Waals surface area contributed by atoms with Crippen molar-refractivity contribution in [2.24, 2.45) is 0 Å². The zero-order valence-electron chi connectivity index (χ0n) is 23.3. The van der Waals surface area contributed by atoms with E-state index in [1.807, 2.05) is 0 Å². The molecule has 16 heteroatoms. The van der Waals surface area contributed by atoms with E-state index in [1.165, 1.54) is 89.7 Å². The van der Waals surface area contributed by atoms with Crippen molar-refractivity contribution in [3.8, 4) is 0 Å².